The number of benzene rings is 1. The first-order valence-corrected chi connectivity index (χ1v) is 8.98. The summed E-state index contributed by atoms with van der Waals surface area (Å²) in [5, 5.41) is 13.1. The summed E-state index contributed by atoms with van der Waals surface area (Å²) in [6, 6.07) is 9.30. The van der Waals surface area contributed by atoms with Crippen molar-refractivity contribution < 1.29 is 9.53 Å². The minimum atomic E-state index is -0.212. The maximum atomic E-state index is 12.5. The van der Waals surface area contributed by atoms with E-state index in [0.717, 1.165) is 31.2 Å². The van der Waals surface area contributed by atoms with Crippen molar-refractivity contribution in [1.82, 2.24) is 0 Å². The Kier molecular flexibility index (Phi) is 4.86. The maximum Gasteiger partial charge on any atom is 0.256 e. The van der Waals surface area contributed by atoms with Crippen molar-refractivity contribution in [3.63, 3.8) is 0 Å². The zero-order chi connectivity index (χ0) is 17.1. The van der Waals surface area contributed by atoms with Crippen LogP contribution in [0.5, 0.6) is 5.75 Å². The van der Waals surface area contributed by atoms with E-state index < -0.39 is 0 Å². The highest BCUT2D eigenvalue weighted by Gasteiger charge is 2.25. The first-order chi connectivity index (χ1) is 11.7. The van der Waals surface area contributed by atoms with Gasteiger partial charge in [-0.3, -0.25) is 4.79 Å². The molecule has 2 aromatic rings. The van der Waals surface area contributed by atoms with Crippen LogP contribution in [0.1, 0.15) is 46.1 Å². The number of hydrogen-bond donors (Lipinski definition) is 1. The Morgan fingerprint density at radius 3 is 3.04 bits per heavy atom. The molecule has 5 heteroatoms. The fraction of sp³-hybridized carbons (Fsp3) is 0.368. The summed E-state index contributed by atoms with van der Waals surface area (Å²) in [6.45, 7) is 2.21. The molecular weight excluding hydrogens is 320 g/mol. The highest BCUT2D eigenvalue weighted by atomic mass is 32.1. The summed E-state index contributed by atoms with van der Waals surface area (Å²) in [7, 11) is 1.57. The topological polar surface area (TPSA) is 62.1 Å². The van der Waals surface area contributed by atoms with Gasteiger partial charge in [0.05, 0.1) is 12.7 Å². The Morgan fingerprint density at radius 1 is 1.50 bits per heavy atom. The lowest BCUT2D eigenvalue weighted by Gasteiger charge is -2.20. The number of nitrogens with one attached hydrogen (secondary N) is 1. The molecule has 1 N–H and O–H groups in total. The molecule has 124 valence electrons. The molecule has 24 heavy (non-hydrogen) atoms. The van der Waals surface area contributed by atoms with Crippen LogP contribution in [0.25, 0.3) is 0 Å². The minimum absolute atomic E-state index is 0.212. The van der Waals surface area contributed by atoms with Crippen LogP contribution in [0.15, 0.2) is 24.3 Å². The molecule has 0 spiro atoms. The van der Waals surface area contributed by atoms with Gasteiger partial charge in [-0.05, 0) is 48.9 Å². The van der Waals surface area contributed by atoms with Gasteiger partial charge in [0, 0.05) is 10.4 Å². The largest absolute Gasteiger partial charge is 0.497 e. The number of thiophene rings is 1. The molecule has 1 amide bonds. The number of methoxy groups -OCH3 is 1. The van der Waals surface area contributed by atoms with Crippen LogP contribution in [0.2, 0.25) is 0 Å². The summed E-state index contributed by atoms with van der Waals surface area (Å²) in [4.78, 5) is 13.8. The molecule has 1 aromatic carbocycles. The van der Waals surface area contributed by atoms with E-state index in [2.05, 4.69) is 18.3 Å². The molecule has 1 aliphatic carbocycles. The smallest absolute Gasteiger partial charge is 0.256 e. The Morgan fingerprint density at radius 2 is 2.33 bits per heavy atom. The lowest BCUT2D eigenvalue weighted by molar-refractivity contribution is 0.102. The van der Waals surface area contributed by atoms with E-state index in [9.17, 15) is 10.1 Å². The second-order valence-corrected chi connectivity index (χ2v) is 7.13. The van der Waals surface area contributed by atoms with Gasteiger partial charge < -0.3 is 10.1 Å². The van der Waals surface area contributed by atoms with Crippen molar-refractivity contribution in [2.75, 3.05) is 12.4 Å². The van der Waals surface area contributed by atoms with Crippen LogP contribution in [0.4, 0.5) is 5.00 Å². The number of hydrogen-bond acceptors (Lipinski definition) is 4. The van der Waals surface area contributed by atoms with Crippen molar-refractivity contribution in [2.24, 2.45) is 5.92 Å². The highest BCUT2D eigenvalue weighted by Crippen LogP contribution is 2.40. The number of anilines is 1. The van der Waals surface area contributed by atoms with Gasteiger partial charge in [0.25, 0.3) is 5.91 Å². The number of carbonyl (C=O) groups is 1. The average molecular weight is 340 g/mol. The van der Waals surface area contributed by atoms with E-state index in [0.29, 0.717) is 27.8 Å². The van der Waals surface area contributed by atoms with Crippen LogP contribution in [-0.4, -0.2) is 13.0 Å². The van der Waals surface area contributed by atoms with Gasteiger partial charge in [0.15, 0.2) is 0 Å². The zero-order valence-electron chi connectivity index (χ0n) is 13.9. The fourth-order valence-electron chi connectivity index (χ4n) is 3.15. The number of fused-ring (bicyclic) bond motifs is 1. The molecule has 0 radical (unpaired) electrons. The van der Waals surface area contributed by atoms with Crippen LogP contribution < -0.4 is 10.1 Å². The molecule has 1 heterocycles. The first kappa shape index (κ1) is 16.5. The molecule has 4 nitrogen and oxygen atoms in total. The lowest BCUT2D eigenvalue weighted by Crippen LogP contribution is -2.12. The van der Waals surface area contributed by atoms with Crippen molar-refractivity contribution in [1.29, 1.82) is 5.26 Å². The second kappa shape index (κ2) is 7.06. The van der Waals surface area contributed by atoms with Crippen LogP contribution in [-0.2, 0) is 12.8 Å². The molecular formula is C19H20N2O2S. The fourth-order valence-corrected chi connectivity index (χ4v) is 4.46. The number of amides is 1. The number of rotatable bonds is 4. The van der Waals surface area contributed by atoms with E-state index in [1.54, 1.807) is 42.7 Å². The Bertz CT molecular complexity index is 804. The molecule has 0 saturated heterocycles. The van der Waals surface area contributed by atoms with Gasteiger partial charge in [-0.2, -0.15) is 5.26 Å². The molecule has 3 rings (SSSR count). The predicted octanol–water partition coefficient (Wildman–Crippen LogP) is 4.40. The SMILES string of the molecule is CCC1CCc2c(sc(NC(=O)c3cccc(OC)c3)c2C#N)C1. The van der Waals surface area contributed by atoms with E-state index in [4.69, 9.17) is 4.74 Å². The van der Waals surface area contributed by atoms with Crippen LogP contribution in [0.3, 0.4) is 0 Å². The predicted molar refractivity (Wildman–Crippen MR) is 95.8 cm³/mol. The van der Waals surface area contributed by atoms with Crippen LogP contribution in [0, 0.1) is 17.2 Å². The lowest BCUT2D eigenvalue weighted by atomic mass is 9.86. The summed E-state index contributed by atoms with van der Waals surface area (Å²) < 4.78 is 5.16. The standard InChI is InChI=1S/C19H20N2O2S/c1-3-12-7-8-15-16(11-20)19(24-17(15)9-12)21-18(22)13-5-4-6-14(10-13)23-2/h4-6,10,12H,3,7-9H2,1-2H3,(H,21,22). The van der Waals surface area contributed by atoms with Crippen LogP contribution >= 0.6 is 11.3 Å². The van der Waals surface area contributed by atoms with E-state index in [1.165, 1.54) is 4.88 Å². The van der Waals surface area contributed by atoms with Gasteiger partial charge in [-0.1, -0.05) is 19.4 Å². The third kappa shape index (κ3) is 3.15. The number of nitrogens with zero attached hydrogens (tertiary/aromatic N) is 1. The molecule has 0 fully saturated rings. The van der Waals surface area contributed by atoms with Crippen molar-refractivity contribution in [2.45, 2.75) is 32.6 Å². The molecule has 0 saturated carbocycles. The molecule has 0 bridgehead atoms. The summed E-state index contributed by atoms with van der Waals surface area (Å²) in [5.41, 5.74) is 2.30. The van der Waals surface area contributed by atoms with Gasteiger partial charge in [0.2, 0.25) is 0 Å². The van der Waals surface area contributed by atoms with E-state index in [1.807, 2.05) is 0 Å². The van der Waals surface area contributed by atoms with E-state index >= 15 is 0 Å². The third-order valence-corrected chi connectivity index (χ3v) is 5.79. The third-order valence-electron chi connectivity index (χ3n) is 4.62. The Balaban J connectivity index is 1.86. The summed E-state index contributed by atoms with van der Waals surface area (Å²) >= 11 is 1.55. The molecule has 1 aliphatic rings. The number of carbonyl (C=O) groups excluding carboxylic acids is 1. The first-order valence-electron chi connectivity index (χ1n) is 8.16. The minimum Gasteiger partial charge on any atom is -0.497 e. The summed E-state index contributed by atoms with van der Waals surface area (Å²) in [5.74, 6) is 1.11. The molecule has 1 atom stereocenters. The average Bonchev–Trinajstić information content (AvgIpc) is 2.97. The number of nitriles is 1. The summed E-state index contributed by atoms with van der Waals surface area (Å²) in [6.07, 6.45) is 4.23. The normalized spacial score (nSPS) is 16.1. The monoisotopic (exact) mass is 340 g/mol. The highest BCUT2D eigenvalue weighted by molar-refractivity contribution is 7.16. The van der Waals surface area contributed by atoms with Gasteiger partial charge in [-0.15, -0.1) is 11.3 Å². The van der Waals surface area contributed by atoms with E-state index in [-0.39, 0.29) is 5.91 Å². The quantitative estimate of drug-likeness (QED) is 0.897. The van der Waals surface area contributed by atoms with Crippen molar-refractivity contribution in [3.05, 3.63) is 45.8 Å². The second-order valence-electron chi connectivity index (χ2n) is 6.02. The number of ether oxygens (including phenoxy) is 1. The maximum absolute atomic E-state index is 12.5. The Labute approximate surface area is 146 Å². The van der Waals surface area contributed by atoms with Gasteiger partial charge in [-0.25, -0.2) is 0 Å². The van der Waals surface area contributed by atoms with Crippen molar-refractivity contribution in [3.8, 4) is 11.8 Å². The molecule has 1 unspecified atom stereocenters. The molecule has 1 aromatic heterocycles. The van der Waals surface area contributed by atoms with Gasteiger partial charge >= 0.3 is 0 Å². The zero-order valence-corrected chi connectivity index (χ0v) is 14.7. The molecule has 0 aliphatic heterocycles. The Hall–Kier alpha value is -2.32. The van der Waals surface area contributed by atoms with Gasteiger partial charge in [0.1, 0.15) is 16.8 Å². The van der Waals surface area contributed by atoms with Crippen molar-refractivity contribution >= 4 is 22.2 Å².